The number of carbonyl (C=O) groups is 1. The zero-order chi connectivity index (χ0) is 25.8. The number of fused-ring (bicyclic) bond motifs is 1. The lowest BCUT2D eigenvalue weighted by atomic mass is 9.94. The summed E-state index contributed by atoms with van der Waals surface area (Å²) >= 11 is 0. The van der Waals surface area contributed by atoms with Crippen LogP contribution in [0.3, 0.4) is 0 Å². The van der Waals surface area contributed by atoms with E-state index in [1.54, 1.807) is 19.2 Å². The van der Waals surface area contributed by atoms with Gasteiger partial charge < -0.3 is 15.4 Å². The molecule has 2 N–H and O–H groups in total. The number of urea groups is 1. The largest absolute Gasteiger partial charge is 0.383 e. The van der Waals surface area contributed by atoms with Crippen LogP contribution in [-0.4, -0.2) is 55.3 Å². The van der Waals surface area contributed by atoms with Crippen LogP contribution in [0.5, 0.6) is 0 Å². The molecule has 4 aromatic rings. The van der Waals surface area contributed by atoms with Crippen LogP contribution >= 0.6 is 0 Å². The van der Waals surface area contributed by atoms with Gasteiger partial charge in [0.25, 0.3) is 0 Å². The van der Waals surface area contributed by atoms with Crippen LogP contribution in [0, 0.1) is 12.7 Å². The van der Waals surface area contributed by atoms with Crippen molar-refractivity contribution in [3.63, 3.8) is 0 Å². The number of ether oxygens (including phenoxy) is 1. The summed E-state index contributed by atoms with van der Waals surface area (Å²) in [5.41, 5.74) is 4.09. The molecule has 6 nitrogen and oxygen atoms in total. The van der Waals surface area contributed by atoms with Gasteiger partial charge in [0.05, 0.1) is 24.0 Å². The second-order valence-electron chi connectivity index (χ2n) is 9.45. The molecule has 7 heteroatoms. The van der Waals surface area contributed by atoms with Crippen molar-refractivity contribution in [1.29, 1.82) is 0 Å². The number of benzene rings is 3. The zero-order valence-corrected chi connectivity index (χ0v) is 21.1. The number of anilines is 1. The van der Waals surface area contributed by atoms with Gasteiger partial charge in [0.2, 0.25) is 0 Å². The Kier molecular flexibility index (Phi) is 7.44. The van der Waals surface area contributed by atoms with E-state index in [0.717, 1.165) is 39.8 Å². The Balaban J connectivity index is 1.45. The van der Waals surface area contributed by atoms with Crippen molar-refractivity contribution in [2.24, 2.45) is 0 Å². The quantitative estimate of drug-likeness (QED) is 0.349. The SMILES string of the molecule is COCCN1CC(NC(=O)Nc2c(-c3ccccc3)nc(C)c3ccccc23)C(c2cccc(F)c2)C1. The first-order chi connectivity index (χ1) is 18.0. The fraction of sp³-hybridized carbons (Fsp3) is 0.267. The normalized spacial score (nSPS) is 17.7. The number of hydrogen-bond donors (Lipinski definition) is 2. The lowest BCUT2D eigenvalue weighted by Crippen LogP contribution is -2.42. The molecule has 2 amide bonds. The van der Waals surface area contributed by atoms with Crippen LogP contribution in [-0.2, 0) is 4.74 Å². The van der Waals surface area contributed by atoms with Gasteiger partial charge in [0, 0.05) is 54.7 Å². The molecule has 5 rings (SSSR count). The van der Waals surface area contributed by atoms with Crippen molar-refractivity contribution >= 4 is 22.5 Å². The van der Waals surface area contributed by atoms with Crippen LogP contribution in [0.2, 0.25) is 0 Å². The Labute approximate surface area is 216 Å². The molecule has 0 bridgehead atoms. The molecule has 0 spiro atoms. The minimum atomic E-state index is -0.312. The van der Waals surface area contributed by atoms with Gasteiger partial charge >= 0.3 is 6.03 Å². The third-order valence-corrected chi connectivity index (χ3v) is 6.99. The molecule has 0 saturated carbocycles. The van der Waals surface area contributed by atoms with Crippen LogP contribution in [0.25, 0.3) is 22.0 Å². The predicted octanol–water partition coefficient (Wildman–Crippen LogP) is 5.59. The fourth-order valence-corrected chi connectivity index (χ4v) is 5.19. The summed E-state index contributed by atoms with van der Waals surface area (Å²) in [5.74, 6) is -0.319. The highest BCUT2D eigenvalue weighted by Gasteiger charge is 2.35. The molecule has 190 valence electrons. The van der Waals surface area contributed by atoms with E-state index < -0.39 is 0 Å². The number of methoxy groups -OCH3 is 1. The van der Waals surface area contributed by atoms with E-state index in [2.05, 4.69) is 15.5 Å². The lowest BCUT2D eigenvalue weighted by molar-refractivity contribution is 0.159. The standard InChI is InChI=1S/C30H31FN4O2/c1-20-24-13-6-7-14-25(24)29(28(32-20)21-9-4-3-5-10-21)34-30(36)33-27-19-35(15-16-37-2)18-26(27)22-11-8-12-23(31)17-22/h3-14,17,26-27H,15-16,18-19H2,1-2H3,(H2,33,34,36). The van der Waals surface area contributed by atoms with Crippen molar-refractivity contribution in [1.82, 2.24) is 15.2 Å². The predicted molar refractivity (Wildman–Crippen MR) is 145 cm³/mol. The summed E-state index contributed by atoms with van der Waals surface area (Å²) < 4.78 is 19.3. The third-order valence-electron chi connectivity index (χ3n) is 6.99. The van der Waals surface area contributed by atoms with Crippen molar-refractivity contribution in [2.45, 2.75) is 18.9 Å². The zero-order valence-electron chi connectivity index (χ0n) is 21.1. The van der Waals surface area contributed by atoms with Gasteiger partial charge in [-0.1, -0.05) is 66.7 Å². The smallest absolute Gasteiger partial charge is 0.319 e. The van der Waals surface area contributed by atoms with Crippen LogP contribution in [0.15, 0.2) is 78.9 Å². The van der Waals surface area contributed by atoms with Crippen LogP contribution < -0.4 is 10.6 Å². The molecule has 1 saturated heterocycles. The van der Waals surface area contributed by atoms with E-state index in [0.29, 0.717) is 25.4 Å². The molecule has 2 unspecified atom stereocenters. The average Bonchev–Trinajstić information content (AvgIpc) is 3.32. The van der Waals surface area contributed by atoms with Gasteiger partial charge in [-0.25, -0.2) is 9.18 Å². The third kappa shape index (κ3) is 5.48. The highest BCUT2D eigenvalue weighted by Crippen LogP contribution is 2.35. The minimum absolute atomic E-state index is 0.0419. The minimum Gasteiger partial charge on any atom is -0.383 e. The van der Waals surface area contributed by atoms with E-state index in [1.807, 2.05) is 67.6 Å². The monoisotopic (exact) mass is 498 g/mol. The number of amides is 2. The summed E-state index contributed by atoms with van der Waals surface area (Å²) in [5, 5.41) is 8.21. The number of nitrogens with zero attached hydrogens (tertiary/aromatic N) is 2. The van der Waals surface area contributed by atoms with Crippen molar-refractivity contribution < 1.29 is 13.9 Å². The van der Waals surface area contributed by atoms with E-state index in [9.17, 15) is 9.18 Å². The molecule has 37 heavy (non-hydrogen) atoms. The number of nitrogens with one attached hydrogen (secondary N) is 2. The number of likely N-dealkylation sites (tertiary alicyclic amines) is 1. The number of carbonyl (C=O) groups excluding carboxylic acids is 1. The Morgan fingerprint density at radius 2 is 1.78 bits per heavy atom. The van der Waals surface area contributed by atoms with Crippen molar-refractivity contribution in [3.8, 4) is 11.3 Å². The molecule has 0 radical (unpaired) electrons. The number of pyridine rings is 1. The Bertz CT molecular complexity index is 1400. The van der Waals surface area contributed by atoms with Crippen LogP contribution in [0.1, 0.15) is 17.2 Å². The van der Waals surface area contributed by atoms with Gasteiger partial charge in [0.15, 0.2) is 0 Å². The summed E-state index contributed by atoms with van der Waals surface area (Å²) in [4.78, 5) is 20.6. The first kappa shape index (κ1) is 24.9. The number of aryl methyl sites for hydroxylation is 1. The molecule has 2 atom stereocenters. The number of rotatable bonds is 7. The average molecular weight is 499 g/mol. The van der Waals surface area contributed by atoms with Gasteiger partial charge in [-0.3, -0.25) is 9.88 Å². The maximum atomic E-state index is 14.0. The lowest BCUT2D eigenvalue weighted by Gasteiger charge is -2.22. The first-order valence-electron chi connectivity index (χ1n) is 12.5. The van der Waals surface area contributed by atoms with Crippen LogP contribution in [0.4, 0.5) is 14.9 Å². The van der Waals surface area contributed by atoms with Gasteiger partial charge in [-0.2, -0.15) is 0 Å². The number of aromatic nitrogens is 1. The van der Waals surface area contributed by atoms with E-state index >= 15 is 0 Å². The Morgan fingerprint density at radius 3 is 2.54 bits per heavy atom. The molecule has 1 aromatic heterocycles. The van der Waals surface area contributed by atoms with E-state index in [4.69, 9.17) is 9.72 Å². The highest BCUT2D eigenvalue weighted by molar-refractivity contribution is 6.07. The van der Waals surface area contributed by atoms with Gasteiger partial charge in [0.1, 0.15) is 5.82 Å². The molecule has 1 aliphatic heterocycles. The highest BCUT2D eigenvalue weighted by atomic mass is 19.1. The second-order valence-corrected chi connectivity index (χ2v) is 9.45. The molecule has 3 aromatic carbocycles. The molecule has 1 aliphatic rings. The van der Waals surface area contributed by atoms with Gasteiger partial charge in [-0.05, 0) is 24.6 Å². The first-order valence-corrected chi connectivity index (χ1v) is 12.5. The van der Waals surface area contributed by atoms with Crippen molar-refractivity contribution in [3.05, 3.63) is 95.9 Å². The fourth-order valence-electron chi connectivity index (χ4n) is 5.19. The molecular formula is C30H31FN4O2. The summed E-state index contributed by atoms with van der Waals surface area (Å²) in [6.07, 6.45) is 0. The molecule has 1 fully saturated rings. The molecular weight excluding hydrogens is 467 g/mol. The van der Waals surface area contributed by atoms with E-state index in [-0.39, 0.29) is 23.8 Å². The van der Waals surface area contributed by atoms with Crippen molar-refractivity contribution in [2.75, 3.05) is 38.7 Å². The summed E-state index contributed by atoms with van der Waals surface area (Å²) in [6.45, 7) is 4.68. The van der Waals surface area contributed by atoms with Gasteiger partial charge in [-0.15, -0.1) is 0 Å². The second kappa shape index (κ2) is 11.1. The van der Waals surface area contributed by atoms with E-state index in [1.165, 1.54) is 6.07 Å². The molecule has 2 heterocycles. The Hall–Kier alpha value is -3.81. The maximum absolute atomic E-state index is 14.0. The summed E-state index contributed by atoms with van der Waals surface area (Å²) in [6, 6.07) is 23.9. The summed E-state index contributed by atoms with van der Waals surface area (Å²) in [7, 11) is 1.67. The number of hydrogen-bond acceptors (Lipinski definition) is 4. The number of halogens is 1. The molecule has 0 aliphatic carbocycles. The maximum Gasteiger partial charge on any atom is 0.319 e. The topological polar surface area (TPSA) is 66.5 Å². The Morgan fingerprint density at radius 1 is 1.03 bits per heavy atom.